The molecule has 0 fully saturated rings. The van der Waals surface area contributed by atoms with Crippen LogP contribution < -0.4 is 0 Å². The van der Waals surface area contributed by atoms with Gasteiger partial charge in [0, 0.05) is 13.1 Å². The number of hydrogen-bond donors (Lipinski definition) is 1. The van der Waals surface area contributed by atoms with Gasteiger partial charge in [-0.25, -0.2) is 0 Å². The summed E-state index contributed by atoms with van der Waals surface area (Å²) < 4.78 is 0. The third-order valence-electron chi connectivity index (χ3n) is 4.45. The third kappa shape index (κ3) is 5.04. The number of carboxylic acids is 1. The van der Waals surface area contributed by atoms with E-state index in [9.17, 15) is 9.90 Å². The molecule has 0 saturated heterocycles. The van der Waals surface area contributed by atoms with Gasteiger partial charge in [-0.05, 0) is 23.1 Å². The molecule has 0 aliphatic heterocycles. The Morgan fingerprint density at radius 1 is 0.692 bits per heavy atom. The zero-order valence-corrected chi connectivity index (χ0v) is 14.7. The van der Waals surface area contributed by atoms with Crippen LogP contribution in [0.5, 0.6) is 0 Å². The van der Waals surface area contributed by atoms with Gasteiger partial charge in [-0.3, -0.25) is 9.69 Å². The predicted octanol–water partition coefficient (Wildman–Crippen LogP) is 4.38. The number of rotatable bonds is 8. The molecule has 0 heterocycles. The zero-order valence-electron chi connectivity index (χ0n) is 14.7. The molecule has 3 rings (SSSR count). The van der Waals surface area contributed by atoms with Gasteiger partial charge < -0.3 is 5.11 Å². The van der Waals surface area contributed by atoms with Gasteiger partial charge in [0.05, 0.1) is 0 Å². The van der Waals surface area contributed by atoms with Crippen molar-refractivity contribution in [3.05, 3.63) is 108 Å². The molecular weight excluding hydrogens is 322 g/mol. The van der Waals surface area contributed by atoms with Crippen molar-refractivity contribution in [1.29, 1.82) is 0 Å². The lowest BCUT2D eigenvalue weighted by atomic mass is 10.0. The van der Waals surface area contributed by atoms with E-state index in [-0.39, 0.29) is 0 Å². The quantitative estimate of drug-likeness (QED) is 0.658. The summed E-state index contributed by atoms with van der Waals surface area (Å²) >= 11 is 0. The molecule has 0 amide bonds. The Bertz CT molecular complexity index is 762. The SMILES string of the molecule is O=C(O)C(Cc1ccccc1)N(Cc1ccccc1)Cc1ccccc1. The Morgan fingerprint density at radius 2 is 1.08 bits per heavy atom. The first kappa shape index (κ1) is 17.9. The number of benzene rings is 3. The van der Waals surface area contributed by atoms with Crippen LogP contribution in [0, 0.1) is 0 Å². The van der Waals surface area contributed by atoms with E-state index >= 15 is 0 Å². The van der Waals surface area contributed by atoms with E-state index in [1.807, 2.05) is 95.9 Å². The maximum absolute atomic E-state index is 12.1. The van der Waals surface area contributed by atoms with E-state index in [2.05, 4.69) is 0 Å². The van der Waals surface area contributed by atoms with E-state index in [4.69, 9.17) is 0 Å². The number of aliphatic carboxylic acids is 1. The molecule has 26 heavy (non-hydrogen) atoms. The van der Waals surface area contributed by atoms with E-state index in [1.165, 1.54) is 0 Å². The molecule has 3 aromatic rings. The van der Waals surface area contributed by atoms with Crippen LogP contribution in [0.25, 0.3) is 0 Å². The highest BCUT2D eigenvalue weighted by molar-refractivity contribution is 5.74. The minimum absolute atomic E-state index is 0.482. The molecule has 1 unspecified atom stereocenters. The lowest BCUT2D eigenvalue weighted by Crippen LogP contribution is -2.42. The summed E-state index contributed by atoms with van der Waals surface area (Å²) in [7, 11) is 0. The lowest BCUT2D eigenvalue weighted by molar-refractivity contribution is -0.143. The number of hydrogen-bond acceptors (Lipinski definition) is 2. The molecule has 0 aliphatic carbocycles. The van der Waals surface area contributed by atoms with Gasteiger partial charge in [0.2, 0.25) is 0 Å². The molecule has 0 radical (unpaired) electrons. The van der Waals surface area contributed by atoms with Crippen molar-refractivity contribution < 1.29 is 9.90 Å². The van der Waals surface area contributed by atoms with Gasteiger partial charge in [-0.15, -0.1) is 0 Å². The van der Waals surface area contributed by atoms with Crippen molar-refractivity contribution in [1.82, 2.24) is 4.90 Å². The summed E-state index contributed by atoms with van der Waals surface area (Å²) in [5, 5.41) is 9.92. The second kappa shape index (κ2) is 8.97. The Kier molecular flexibility index (Phi) is 6.18. The van der Waals surface area contributed by atoms with Crippen LogP contribution in [-0.4, -0.2) is 22.0 Å². The second-order valence-electron chi connectivity index (χ2n) is 6.42. The smallest absolute Gasteiger partial charge is 0.321 e. The Balaban J connectivity index is 1.86. The van der Waals surface area contributed by atoms with Crippen molar-refractivity contribution in [2.75, 3.05) is 0 Å². The van der Waals surface area contributed by atoms with Gasteiger partial charge in [-0.1, -0.05) is 91.0 Å². The normalized spacial score (nSPS) is 12.0. The summed E-state index contributed by atoms with van der Waals surface area (Å²) in [4.78, 5) is 14.1. The Labute approximate surface area is 154 Å². The van der Waals surface area contributed by atoms with E-state index in [0.29, 0.717) is 19.5 Å². The minimum atomic E-state index is -0.791. The molecule has 132 valence electrons. The maximum atomic E-state index is 12.1. The zero-order chi connectivity index (χ0) is 18.2. The van der Waals surface area contributed by atoms with Gasteiger partial charge in [0.1, 0.15) is 6.04 Å². The van der Waals surface area contributed by atoms with Crippen LogP contribution in [0.3, 0.4) is 0 Å². The highest BCUT2D eigenvalue weighted by atomic mass is 16.4. The van der Waals surface area contributed by atoms with Crippen LogP contribution in [0.1, 0.15) is 16.7 Å². The number of nitrogens with zero attached hydrogens (tertiary/aromatic N) is 1. The van der Waals surface area contributed by atoms with Crippen molar-refractivity contribution in [2.24, 2.45) is 0 Å². The van der Waals surface area contributed by atoms with Crippen LogP contribution >= 0.6 is 0 Å². The summed E-state index contributed by atoms with van der Waals surface area (Å²) in [6.45, 7) is 1.19. The van der Waals surface area contributed by atoms with Gasteiger partial charge in [0.15, 0.2) is 0 Å². The van der Waals surface area contributed by atoms with E-state index in [1.54, 1.807) is 0 Å². The van der Waals surface area contributed by atoms with Crippen LogP contribution in [-0.2, 0) is 24.3 Å². The fourth-order valence-electron chi connectivity index (χ4n) is 3.12. The highest BCUT2D eigenvalue weighted by Gasteiger charge is 2.26. The Morgan fingerprint density at radius 3 is 1.46 bits per heavy atom. The monoisotopic (exact) mass is 345 g/mol. The summed E-state index contributed by atoms with van der Waals surface area (Å²) in [5.41, 5.74) is 3.26. The van der Waals surface area contributed by atoms with Crippen LogP contribution in [0.15, 0.2) is 91.0 Å². The van der Waals surface area contributed by atoms with Crippen LogP contribution in [0.2, 0.25) is 0 Å². The second-order valence-corrected chi connectivity index (χ2v) is 6.42. The molecule has 0 spiro atoms. The van der Waals surface area contributed by atoms with E-state index < -0.39 is 12.0 Å². The predicted molar refractivity (Wildman–Crippen MR) is 104 cm³/mol. The molecule has 0 aliphatic rings. The standard InChI is InChI=1S/C23H23NO2/c25-23(26)22(16-19-10-4-1-5-11-19)24(17-20-12-6-2-7-13-20)18-21-14-8-3-9-15-21/h1-15,22H,16-18H2,(H,25,26). The molecular formula is C23H23NO2. The molecule has 1 atom stereocenters. The number of carbonyl (C=O) groups is 1. The first-order valence-electron chi connectivity index (χ1n) is 8.81. The number of carboxylic acid groups (broad SMARTS) is 1. The summed E-state index contributed by atoms with van der Waals surface area (Å²) in [5.74, 6) is -0.791. The maximum Gasteiger partial charge on any atom is 0.321 e. The molecule has 0 aromatic heterocycles. The van der Waals surface area contributed by atoms with Crippen LogP contribution in [0.4, 0.5) is 0 Å². The Hall–Kier alpha value is -2.91. The third-order valence-corrected chi connectivity index (χ3v) is 4.45. The largest absolute Gasteiger partial charge is 0.480 e. The molecule has 3 aromatic carbocycles. The highest BCUT2D eigenvalue weighted by Crippen LogP contribution is 2.17. The van der Waals surface area contributed by atoms with Gasteiger partial charge >= 0.3 is 5.97 Å². The van der Waals surface area contributed by atoms with Crippen molar-refractivity contribution in [3.63, 3.8) is 0 Å². The average Bonchev–Trinajstić information content (AvgIpc) is 2.68. The van der Waals surface area contributed by atoms with Gasteiger partial charge in [-0.2, -0.15) is 0 Å². The topological polar surface area (TPSA) is 40.5 Å². The summed E-state index contributed by atoms with van der Waals surface area (Å²) in [6, 6.07) is 29.3. The molecule has 1 N–H and O–H groups in total. The molecule has 0 bridgehead atoms. The minimum Gasteiger partial charge on any atom is -0.480 e. The molecule has 3 heteroatoms. The fourth-order valence-corrected chi connectivity index (χ4v) is 3.12. The molecule has 0 saturated carbocycles. The van der Waals surface area contributed by atoms with E-state index in [0.717, 1.165) is 16.7 Å². The van der Waals surface area contributed by atoms with Crippen molar-refractivity contribution in [2.45, 2.75) is 25.6 Å². The fraction of sp³-hybridized carbons (Fsp3) is 0.174. The first-order chi connectivity index (χ1) is 12.7. The first-order valence-corrected chi connectivity index (χ1v) is 8.81. The van der Waals surface area contributed by atoms with Gasteiger partial charge in [0.25, 0.3) is 0 Å². The summed E-state index contributed by atoms with van der Waals surface area (Å²) in [6.07, 6.45) is 0.482. The van der Waals surface area contributed by atoms with Crippen molar-refractivity contribution >= 4 is 5.97 Å². The lowest BCUT2D eigenvalue weighted by Gasteiger charge is -2.29. The molecule has 3 nitrogen and oxygen atoms in total. The van der Waals surface area contributed by atoms with Crippen molar-refractivity contribution in [3.8, 4) is 0 Å². The average molecular weight is 345 g/mol.